The molecule has 3 rings (SSSR count). The maximum atomic E-state index is 11.0. The van der Waals surface area contributed by atoms with Crippen LogP contribution in [-0.2, 0) is 4.79 Å². The molecule has 0 unspecified atom stereocenters. The molecule has 1 amide bonds. The number of hydrogen-bond acceptors (Lipinski definition) is 5. The van der Waals surface area contributed by atoms with Gasteiger partial charge < -0.3 is 15.2 Å². The van der Waals surface area contributed by atoms with Crippen LogP contribution in [0.1, 0.15) is 28.6 Å². The zero-order valence-electron chi connectivity index (χ0n) is 15.9. The van der Waals surface area contributed by atoms with Crippen LogP contribution in [-0.4, -0.2) is 24.1 Å². The molecule has 0 bridgehead atoms. The topological polar surface area (TPSA) is 74.4 Å². The molecule has 0 atom stereocenters. The molecular weight excluding hydrogens is 440 g/mol. The number of thiazole rings is 1. The highest BCUT2D eigenvalue weighted by atomic mass is 79.9. The van der Waals surface area contributed by atoms with Gasteiger partial charge in [-0.25, -0.2) is 4.98 Å². The second-order valence-corrected chi connectivity index (χ2v) is 8.22. The fourth-order valence-corrected chi connectivity index (χ4v) is 4.19. The van der Waals surface area contributed by atoms with Crippen LogP contribution in [0.4, 0.5) is 0 Å². The number of nitrogens with two attached hydrogens (primary N) is 1. The third-order valence-corrected chi connectivity index (χ3v) is 5.70. The molecule has 146 valence electrons. The molecule has 7 heteroatoms. The number of hydrogen-bond donors (Lipinski definition) is 1. The number of carbonyl (C=O) groups is 1. The standard InChI is InChI=1S/C21H21BrN2O3S/c1-4-26-17-10-14(9-15(22)21(17)27-11-19(23)25)5-6-20-24-16-7-12(2)13(3)8-18(16)28-20/h5-10H,4,11H2,1-3H3,(H2,23,25)/b6-5+. The lowest BCUT2D eigenvalue weighted by Gasteiger charge is -2.13. The lowest BCUT2D eigenvalue weighted by Crippen LogP contribution is -2.20. The largest absolute Gasteiger partial charge is 0.490 e. The second kappa shape index (κ2) is 8.75. The van der Waals surface area contributed by atoms with Crippen LogP contribution in [0, 0.1) is 13.8 Å². The van der Waals surface area contributed by atoms with Gasteiger partial charge in [-0.05, 0) is 83.7 Å². The summed E-state index contributed by atoms with van der Waals surface area (Å²) in [5.74, 6) is 0.469. The summed E-state index contributed by atoms with van der Waals surface area (Å²) in [6, 6.07) is 8.06. The van der Waals surface area contributed by atoms with E-state index in [4.69, 9.17) is 15.2 Å². The number of aromatic nitrogens is 1. The Labute approximate surface area is 176 Å². The number of nitrogens with zero attached hydrogens (tertiary/aromatic N) is 1. The van der Waals surface area contributed by atoms with Crippen molar-refractivity contribution in [1.29, 1.82) is 0 Å². The normalized spacial score (nSPS) is 11.3. The first-order chi connectivity index (χ1) is 13.4. The molecule has 28 heavy (non-hydrogen) atoms. The predicted octanol–water partition coefficient (Wildman–Crippen LogP) is 5.11. The number of primary amides is 1. The molecule has 0 fully saturated rings. The van der Waals surface area contributed by atoms with Gasteiger partial charge in [0.1, 0.15) is 5.01 Å². The minimum Gasteiger partial charge on any atom is -0.490 e. The average molecular weight is 461 g/mol. The number of halogens is 1. The highest BCUT2D eigenvalue weighted by molar-refractivity contribution is 9.10. The SMILES string of the molecule is CCOc1cc(/C=C/c2nc3cc(C)c(C)cc3s2)cc(Br)c1OCC(N)=O. The van der Waals surface area contributed by atoms with Crippen molar-refractivity contribution in [1.82, 2.24) is 4.98 Å². The van der Waals surface area contributed by atoms with Gasteiger partial charge >= 0.3 is 0 Å². The van der Waals surface area contributed by atoms with Gasteiger partial charge in [0.2, 0.25) is 0 Å². The summed E-state index contributed by atoms with van der Waals surface area (Å²) in [6.45, 7) is 6.36. The zero-order chi connectivity index (χ0) is 20.3. The molecule has 2 N–H and O–H groups in total. The maximum Gasteiger partial charge on any atom is 0.255 e. The van der Waals surface area contributed by atoms with E-state index in [2.05, 4.69) is 46.9 Å². The quantitative estimate of drug-likeness (QED) is 0.531. The molecule has 1 heterocycles. The number of fused-ring (bicyclic) bond motifs is 1. The Balaban J connectivity index is 1.89. The summed E-state index contributed by atoms with van der Waals surface area (Å²) in [4.78, 5) is 15.7. The minimum absolute atomic E-state index is 0.210. The Morgan fingerprint density at radius 3 is 2.64 bits per heavy atom. The van der Waals surface area contributed by atoms with Crippen molar-refractivity contribution >= 4 is 55.5 Å². The molecule has 0 aliphatic rings. The van der Waals surface area contributed by atoms with Gasteiger partial charge in [-0.15, -0.1) is 11.3 Å². The molecule has 0 saturated carbocycles. The highest BCUT2D eigenvalue weighted by Gasteiger charge is 2.13. The van der Waals surface area contributed by atoms with Crippen LogP contribution in [0.2, 0.25) is 0 Å². The van der Waals surface area contributed by atoms with Crippen molar-refractivity contribution in [3.8, 4) is 11.5 Å². The van der Waals surface area contributed by atoms with E-state index in [1.54, 1.807) is 11.3 Å². The number of carbonyl (C=O) groups excluding carboxylic acids is 1. The van der Waals surface area contributed by atoms with E-state index >= 15 is 0 Å². The molecule has 2 aromatic carbocycles. The highest BCUT2D eigenvalue weighted by Crippen LogP contribution is 2.37. The Bertz CT molecular complexity index is 1020. The zero-order valence-corrected chi connectivity index (χ0v) is 18.3. The van der Waals surface area contributed by atoms with Gasteiger partial charge in [-0.2, -0.15) is 0 Å². The molecule has 5 nitrogen and oxygen atoms in total. The van der Waals surface area contributed by atoms with Crippen molar-refractivity contribution in [2.24, 2.45) is 5.73 Å². The van der Waals surface area contributed by atoms with E-state index in [-0.39, 0.29) is 6.61 Å². The maximum absolute atomic E-state index is 11.0. The molecule has 0 aliphatic heterocycles. The summed E-state index contributed by atoms with van der Waals surface area (Å²) >= 11 is 5.14. The molecule has 0 saturated heterocycles. The molecule has 0 spiro atoms. The van der Waals surface area contributed by atoms with Crippen molar-refractivity contribution < 1.29 is 14.3 Å². The van der Waals surface area contributed by atoms with Gasteiger partial charge in [-0.3, -0.25) is 4.79 Å². The first-order valence-electron chi connectivity index (χ1n) is 8.80. The van der Waals surface area contributed by atoms with Crippen molar-refractivity contribution in [3.05, 3.63) is 50.4 Å². The third-order valence-electron chi connectivity index (χ3n) is 4.13. The summed E-state index contributed by atoms with van der Waals surface area (Å²) in [7, 11) is 0. The Morgan fingerprint density at radius 2 is 1.93 bits per heavy atom. The number of amides is 1. The molecule has 0 radical (unpaired) electrons. The predicted molar refractivity (Wildman–Crippen MR) is 118 cm³/mol. The van der Waals surface area contributed by atoms with Gasteiger partial charge in [0.25, 0.3) is 5.91 Å². The van der Waals surface area contributed by atoms with Crippen LogP contribution < -0.4 is 15.2 Å². The molecule has 0 aliphatic carbocycles. The lowest BCUT2D eigenvalue weighted by atomic mass is 10.1. The molecule has 1 aromatic heterocycles. The fourth-order valence-electron chi connectivity index (χ4n) is 2.67. The van der Waals surface area contributed by atoms with Crippen LogP contribution in [0.15, 0.2) is 28.7 Å². The smallest absolute Gasteiger partial charge is 0.255 e. The first kappa shape index (κ1) is 20.4. The van der Waals surface area contributed by atoms with Gasteiger partial charge in [-0.1, -0.05) is 6.08 Å². The van der Waals surface area contributed by atoms with Crippen molar-refractivity contribution in [2.45, 2.75) is 20.8 Å². The Kier molecular flexibility index (Phi) is 6.36. The van der Waals surface area contributed by atoms with Crippen LogP contribution >= 0.6 is 27.3 Å². The Hall–Kier alpha value is -2.38. The third kappa shape index (κ3) is 4.72. The summed E-state index contributed by atoms with van der Waals surface area (Å²) in [5.41, 5.74) is 9.62. The molecular formula is C21H21BrN2O3S. The van der Waals surface area contributed by atoms with Crippen LogP contribution in [0.25, 0.3) is 22.4 Å². The van der Waals surface area contributed by atoms with E-state index in [0.29, 0.717) is 22.6 Å². The van der Waals surface area contributed by atoms with E-state index in [0.717, 1.165) is 16.1 Å². The van der Waals surface area contributed by atoms with Gasteiger partial charge in [0, 0.05) is 0 Å². The van der Waals surface area contributed by atoms with E-state index in [9.17, 15) is 4.79 Å². The van der Waals surface area contributed by atoms with Crippen molar-refractivity contribution in [2.75, 3.05) is 13.2 Å². The van der Waals surface area contributed by atoms with E-state index < -0.39 is 5.91 Å². The summed E-state index contributed by atoms with van der Waals surface area (Å²) in [5, 5.41) is 0.933. The fraction of sp³-hybridized carbons (Fsp3) is 0.238. The minimum atomic E-state index is -0.542. The van der Waals surface area contributed by atoms with Crippen molar-refractivity contribution in [3.63, 3.8) is 0 Å². The van der Waals surface area contributed by atoms with E-state index in [1.165, 1.54) is 15.8 Å². The lowest BCUT2D eigenvalue weighted by molar-refractivity contribution is -0.119. The average Bonchev–Trinajstić information content (AvgIpc) is 3.01. The number of benzene rings is 2. The first-order valence-corrected chi connectivity index (χ1v) is 10.4. The number of rotatable bonds is 7. The summed E-state index contributed by atoms with van der Waals surface area (Å²) in [6.07, 6.45) is 3.96. The van der Waals surface area contributed by atoms with Crippen LogP contribution in [0.5, 0.6) is 11.5 Å². The number of aryl methyl sites for hydroxylation is 2. The monoisotopic (exact) mass is 460 g/mol. The van der Waals surface area contributed by atoms with Gasteiger partial charge in [0.05, 0.1) is 21.3 Å². The number of ether oxygens (including phenoxy) is 2. The van der Waals surface area contributed by atoms with Gasteiger partial charge in [0.15, 0.2) is 18.1 Å². The van der Waals surface area contributed by atoms with E-state index in [1.807, 2.05) is 31.2 Å². The molecule has 3 aromatic rings. The Morgan fingerprint density at radius 1 is 1.18 bits per heavy atom. The van der Waals surface area contributed by atoms with Crippen LogP contribution in [0.3, 0.4) is 0 Å². The summed E-state index contributed by atoms with van der Waals surface area (Å²) < 4.78 is 13.0. The second-order valence-electron chi connectivity index (χ2n) is 6.31.